The van der Waals surface area contributed by atoms with Crippen LogP contribution in [-0.4, -0.2) is 65.3 Å². The molecule has 0 amide bonds. The van der Waals surface area contributed by atoms with Crippen LogP contribution in [0, 0.1) is 0 Å². The van der Waals surface area contributed by atoms with Crippen molar-refractivity contribution in [3.63, 3.8) is 0 Å². The number of hydrogen-bond acceptors (Lipinski definition) is 6. The molecular weight excluding hydrogens is 232 g/mol. The maximum Gasteiger partial charge on any atom is 0.243 e. The topological polar surface area (TPSA) is 95.1 Å². The Bertz CT molecular complexity index is 443. The molecule has 0 aromatic carbocycles. The lowest BCUT2D eigenvalue weighted by molar-refractivity contribution is 0.342. The summed E-state index contributed by atoms with van der Waals surface area (Å²) in [5, 5.41) is 13.5. The molecule has 9 heteroatoms. The molecule has 1 atom stereocenters. The van der Waals surface area contributed by atoms with Gasteiger partial charge in [0, 0.05) is 25.7 Å². The normalized spacial score (nSPS) is 23.6. The lowest BCUT2D eigenvalue weighted by Gasteiger charge is -2.37. The van der Waals surface area contributed by atoms with Crippen molar-refractivity contribution in [1.82, 2.24) is 24.9 Å². The quantitative estimate of drug-likeness (QED) is 0.694. The fraction of sp³-hybridized carbons (Fsp3) is 0.857. The third-order valence-corrected chi connectivity index (χ3v) is 3.94. The molecule has 1 N–H and O–H groups in total. The predicted molar refractivity (Wildman–Crippen MR) is 57.4 cm³/mol. The van der Waals surface area contributed by atoms with E-state index < -0.39 is 10.0 Å². The summed E-state index contributed by atoms with van der Waals surface area (Å²) in [6, 6.07) is 0.0539. The number of aromatic amines is 1. The molecule has 0 aliphatic carbocycles. The van der Waals surface area contributed by atoms with Gasteiger partial charge in [0.05, 0.1) is 6.26 Å². The molecule has 90 valence electrons. The highest BCUT2D eigenvalue weighted by molar-refractivity contribution is 7.88. The summed E-state index contributed by atoms with van der Waals surface area (Å²) >= 11 is 0. The lowest BCUT2D eigenvalue weighted by Crippen LogP contribution is -2.53. The number of nitrogens with one attached hydrogen (secondary N) is 1. The van der Waals surface area contributed by atoms with Crippen LogP contribution < -0.4 is 4.90 Å². The van der Waals surface area contributed by atoms with Crippen molar-refractivity contribution < 1.29 is 8.42 Å². The van der Waals surface area contributed by atoms with Gasteiger partial charge in [-0.2, -0.15) is 4.31 Å². The number of rotatable bonds is 2. The number of tetrazole rings is 1. The monoisotopic (exact) mass is 246 g/mol. The van der Waals surface area contributed by atoms with Crippen molar-refractivity contribution in [2.75, 3.05) is 30.8 Å². The third-order valence-electron chi connectivity index (χ3n) is 2.67. The van der Waals surface area contributed by atoms with Crippen molar-refractivity contribution in [1.29, 1.82) is 0 Å². The molecule has 1 aromatic rings. The number of hydrogen-bond donors (Lipinski definition) is 1. The van der Waals surface area contributed by atoms with E-state index in [2.05, 4.69) is 20.6 Å². The van der Waals surface area contributed by atoms with Crippen LogP contribution in [0.5, 0.6) is 0 Å². The van der Waals surface area contributed by atoms with Gasteiger partial charge in [-0.05, 0) is 17.4 Å². The average molecular weight is 246 g/mol. The van der Waals surface area contributed by atoms with Gasteiger partial charge in [0.15, 0.2) is 0 Å². The Balaban J connectivity index is 2.10. The Morgan fingerprint density at radius 2 is 2.19 bits per heavy atom. The van der Waals surface area contributed by atoms with E-state index >= 15 is 0 Å². The maximum absolute atomic E-state index is 11.4. The van der Waals surface area contributed by atoms with Crippen LogP contribution in [0.2, 0.25) is 0 Å². The zero-order chi connectivity index (χ0) is 11.8. The van der Waals surface area contributed by atoms with Gasteiger partial charge in [-0.25, -0.2) is 13.5 Å². The number of piperazine rings is 1. The molecule has 1 saturated heterocycles. The van der Waals surface area contributed by atoms with Gasteiger partial charge < -0.3 is 4.90 Å². The third kappa shape index (κ3) is 2.14. The molecule has 1 fully saturated rings. The predicted octanol–water partition coefficient (Wildman–Crippen LogP) is -1.33. The van der Waals surface area contributed by atoms with Gasteiger partial charge in [-0.1, -0.05) is 5.10 Å². The highest BCUT2D eigenvalue weighted by atomic mass is 32.2. The highest BCUT2D eigenvalue weighted by Gasteiger charge is 2.30. The molecule has 0 radical (unpaired) electrons. The summed E-state index contributed by atoms with van der Waals surface area (Å²) < 4.78 is 24.2. The van der Waals surface area contributed by atoms with E-state index in [1.54, 1.807) is 0 Å². The molecular formula is C7H14N6O2S. The van der Waals surface area contributed by atoms with Gasteiger partial charge >= 0.3 is 0 Å². The van der Waals surface area contributed by atoms with Gasteiger partial charge in [-0.15, -0.1) is 0 Å². The van der Waals surface area contributed by atoms with E-state index in [0.717, 1.165) is 0 Å². The first-order chi connectivity index (χ1) is 7.48. The van der Waals surface area contributed by atoms with Gasteiger partial charge in [0.2, 0.25) is 16.0 Å². The Kier molecular flexibility index (Phi) is 2.80. The van der Waals surface area contributed by atoms with E-state index in [1.807, 2.05) is 11.8 Å². The molecule has 2 heterocycles. The number of anilines is 1. The van der Waals surface area contributed by atoms with Gasteiger partial charge in [0.25, 0.3) is 0 Å². The average Bonchev–Trinajstić information content (AvgIpc) is 2.69. The second-order valence-corrected chi connectivity index (χ2v) is 5.87. The van der Waals surface area contributed by atoms with Crippen LogP contribution in [0.25, 0.3) is 0 Å². The van der Waals surface area contributed by atoms with Crippen LogP contribution in [-0.2, 0) is 10.0 Å². The van der Waals surface area contributed by atoms with Crippen molar-refractivity contribution in [3.8, 4) is 0 Å². The Labute approximate surface area is 93.7 Å². The lowest BCUT2D eigenvalue weighted by atomic mass is 10.2. The van der Waals surface area contributed by atoms with Crippen molar-refractivity contribution in [2.24, 2.45) is 0 Å². The van der Waals surface area contributed by atoms with E-state index in [-0.39, 0.29) is 6.04 Å². The van der Waals surface area contributed by atoms with E-state index in [9.17, 15) is 8.42 Å². The van der Waals surface area contributed by atoms with Crippen LogP contribution in [0.4, 0.5) is 5.95 Å². The molecule has 16 heavy (non-hydrogen) atoms. The minimum atomic E-state index is -3.11. The Morgan fingerprint density at radius 1 is 1.44 bits per heavy atom. The molecule has 0 bridgehead atoms. The first-order valence-corrected chi connectivity index (χ1v) is 6.79. The first-order valence-electron chi connectivity index (χ1n) is 4.94. The van der Waals surface area contributed by atoms with Crippen molar-refractivity contribution >= 4 is 16.0 Å². The maximum atomic E-state index is 11.4. The molecule has 1 unspecified atom stereocenters. The largest absolute Gasteiger partial charge is 0.335 e. The van der Waals surface area contributed by atoms with Crippen LogP contribution in [0.15, 0.2) is 0 Å². The zero-order valence-corrected chi connectivity index (χ0v) is 9.98. The summed E-state index contributed by atoms with van der Waals surface area (Å²) in [5.74, 6) is 0.584. The SMILES string of the molecule is CC1CN(S(C)(=O)=O)CCN1c1nnn[nH]1. The van der Waals surface area contributed by atoms with Crippen LogP contribution in [0.3, 0.4) is 0 Å². The molecule has 1 aliphatic heterocycles. The fourth-order valence-electron chi connectivity index (χ4n) is 1.82. The van der Waals surface area contributed by atoms with E-state index in [4.69, 9.17) is 0 Å². The zero-order valence-electron chi connectivity index (χ0n) is 9.16. The van der Waals surface area contributed by atoms with Crippen molar-refractivity contribution in [2.45, 2.75) is 13.0 Å². The number of aromatic nitrogens is 4. The Hall–Kier alpha value is -1.22. The van der Waals surface area contributed by atoms with Gasteiger partial charge in [0.1, 0.15) is 0 Å². The summed E-state index contributed by atoms with van der Waals surface area (Å²) in [6.45, 7) is 3.45. The first kappa shape index (κ1) is 11.3. The minimum absolute atomic E-state index is 0.0539. The highest BCUT2D eigenvalue weighted by Crippen LogP contribution is 2.16. The molecule has 8 nitrogen and oxygen atoms in total. The minimum Gasteiger partial charge on any atom is -0.335 e. The second kappa shape index (κ2) is 3.98. The van der Waals surface area contributed by atoms with E-state index in [1.165, 1.54) is 10.6 Å². The summed E-state index contributed by atoms with van der Waals surface area (Å²) in [4.78, 5) is 1.96. The summed E-state index contributed by atoms with van der Waals surface area (Å²) in [7, 11) is -3.11. The van der Waals surface area contributed by atoms with Crippen molar-refractivity contribution in [3.05, 3.63) is 0 Å². The second-order valence-electron chi connectivity index (χ2n) is 3.89. The summed E-state index contributed by atoms with van der Waals surface area (Å²) in [5.41, 5.74) is 0. The molecule has 2 rings (SSSR count). The van der Waals surface area contributed by atoms with E-state index in [0.29, 0.717) is 25.6 Å². The standard InChI is InChI=1S/C7H14N6O2S/c1-6-5-12(16(2,14)15)3-4-13(6)7-8-10-11-9-7/h6H,3-5H2,1-2H3,(H,8,9,10,11). The molecule has 0 saturated carbocycles. The Morgan fingerprint density at radius 3 is 2.69 bits per heavy atom. The molecule has 0 spiro atoms. The van der Waals surface area contributed by atoms with Crippen LogP contribution >= 0.6 is 0 Å². The number of nitrogens with zero attached hydrogens (tertiary/aromatic N) is 5. The molecule has 1 aliphatic rings. The smallest absolute Gasteiger partial charge is 0.243 e. The number of sulfonamides is 1. The fourth-order valence-corrected chi connectivity index (χ4v) is 2.72. The van der Waals surface area contributed by atoms with Crippen LogP contribution in [0.1, 0.15) is 6.92 Å². The number of H-pyrrole nitrogens is 1. The molecule has 1 aromatic heterocycles. The summed E-state index contributed by atoms with van der Waals surface area (Å²) in [6.07, 6.45) is 1.23. The van der Waals surface area contributed by atoms with Gasteiger partial charge in [-0.3, -0.25) is 0 Å².